The number of nitro benzene ring substituents is 1. The van der Waals surface area contributed by atoms with Crippen molar-refractivity contribution in [1.82, 2.24) is 9.55 Å². The number of nitro groups is 1. The Hall–Kier alpha value is -2.74. The fraction of sp³-hybridized carbons (Fsp3) is 0.231. The maximum absolute atomic E-state index is 12.1. The summed E-state index contributed by atoms with van der Waals surface area (Å²) in [5.41, 5.74) is 6.33. The van der Waals surface area contributed by atoms with Gasteiger partial charge in [-0.15, -0.1) is 0 Å². The largest absolute Gasteiger partial charge is 0.335 e. The first-order chi connectivity index (χ1) is 10.0. The van der Waals surface area contributed by atoms with E-state index in [0.717, 1.165) is 5.56 Å². The van der Waals surface area contributed by atoms with Crippen LogP contribution in [0, 0.1) is 17.0 Å². The van der Waals surface area contributed by atoms with E-state index in [1.807, 2.05) is 0 Å². The summed E-state index contributed by atoms with van der Waals surface area (Å²) in [5, 5.41) is 13.5. The Kier molecular flexibility index (Phi) is 4.29. The molecule has 0 spiro atoms. The monoisotopic (exact) mass is 289 g/mol. The van der Waals surface area contributed by atoms with Gasteiger partial charge in [0.05, 0.1) is 11.3 Å². The maximum Gasteiger partial charge on any atom is 0.293 e. The van der Waals surface area contributed by atoms with E-state index in [9.17, 15) is 14.9 Å². The third-order valence-corrected chi connectivity index (χ3v) is 2.85. The fourth-order valence-electron chi connectivity index (χ4n) is 1.83. The zero-order chi connectivity index (χ0) is 15.4. The van der Waals surface area contributed by atoms with E-state index in [2.05, 4.69) is 10.3 Å². The minimum absolute atomic E-state index is 0.143. The summed E-state index contributed by atoms with van der Waals surface area (Å²) in [6, 6.07) is 4.60. The molecular formula is C13H15N5O3. The highest BCUT2D eigenvalue weighted by Gasteiger charge is 2.17. The van der Waals surface area contributed by atoms with Gasteiger partial charge in [0.1, 0.15) is 11.4 Å². The van der Waals surface area contributed by atoms with Crippen molar-refractivity contribution < 1.29 is 9.72 Å². The zero-order valence-corrected chi connectivity index (χ0v) is 11.4. The standard InChI is InChI=1S/C13H15N5O3/c1-9-2-3-10(12(6-9)18(20)21)16-13(19)11-7-17(5-4-14)8-15-11/h2-3,6-8H,4-5,14H2,1H3,(H,16,19). The third kappa shape index (κ3) is 3.42. The van der Waals surface area contributed by atoms with E-state index in [1.165, 1.54) is 18.5 Å². The topological polar surface area (TPSA) is 116 Å². The molecule has 1 aromatic heterocycles. The van der Waals surface area contributed by atoms with Crippen molar-refractivity contribution >= 4 is 17.3 Å². The Balaban J connectivity index is 2.20. The first kappa shape index (κ1) is 14.7. The number of nitrogens with two attached hydrogens (primary N) is 1. The minimum Gasteiger partial charge on any atom is -0.335 e. The van der Waals surface area contributed by atoms with Crippen molar-refractivity contribution in [2.24, 2.45) is 5.73 Å². The molecule has 8 heteroatoms. The van der Waals surface area contributed by atoms with Crippen molar-refractivity contribution in [3.05, 3.63) is 52.1 Å². The Labute approximate surface area is 120 Å². The molecule has 0 fully saturated rings. The molecule has 21 heavy (non-hydrogen) atoms. The van der Waals surface area contributed by atoms with E-state index < -0.39 is 10.8 Å². The van der Waals surface area contributed by atoms with Gasteiger partial charge in [0.2, 0.25) is 0 Å². The van der Waals surface area contributed by atoms with E-state index in [1.54, 1.807) is 23.8 Å². The molecule has 0 aliphatic rings. The van der Waals surface area contributed by atoms with Gasteiger partial charge in [-0.05, 0) is 18.6 Å². The smallest absolute Gasteiger partial charge is 0.293 e. The number of nitrogens with one attached hydrogen (secondary N) is 1. The lowest BCUT2D eigenvalue weighted by Crippen LogP contribution is -2.14. The van der Waals surface area contributed by atoms with E-state index >= 15 is 0 Å². The summed E-state index contributed by atoms with van der Waals surface area (Å²) in [7, 11) is 0. The molecule has 1 heterocycles. The Morgan fingerprint density at radius 3 is 2.95 bits per heavy atom. The molecule has 0 bridgehead atoms. The third-order valence-electron chi connectivity index (χ3n) is 2.85. The maximum atomic E-state index is 12.1. The van der Waals surface area contributed by atoms with Crippen LogP contribution >= 0.6 is 0 Å². The highest BCUT2D eigenvalue weighted by Crippen LogP contribution is 2.25. The van der Waals surface area contributed by atoms with Crippen LogP contribution in [0.4, 0.5) is 11.4 Å². The molecule has 0 aliphatic heterocycles. The van der Waals surface area contributed by atoms with Gasteiger partial charge in [0.25, 0.3) is 11.6 Å². The predicted molar refractivity (Wildman–Crippen MR) is 77.1 cm³/mol. The number of amides is 1. The van der Waals surface area contributed by atoms with Gasteiger partial charge in [0, 0.05) is 25.4 Å². The normalized spacial score (nSPS) is 10.4. The lowest BCUT2D eigenvalue weighted by Gasteiger charge is -2.05. The van der Waals surface area contributed by atoms with Crippen molar-refractivity contribution in [2.75, 3.05) is 11.9 Å². The molecule has 0 saturated heterocycles. The molecule has 110 valence electrons. The quantitative estimate of drug-likeness (QED) is 0.636. The van der Waals surface area contributed by atoms with E-state index in [0.29, 0.717) is 13.1 Å². The summed E-state index contributed by atoms with van der Waals surface area (Å²) in [6.45, 7) is 2.72. The predicted octanol–water partition coefficient (Wildman–Crippen LogP) is 1.31. The molecule has 2 aromatic rings. The number of carbonyl (C=O) groups is 1. The SMILES string of the molecule is Cc1ccc(NC(=O)c2cn(CCN)cn2)c([N+](=O)[O-])c1. The second-order valence-electron chi connectivity index (χ2n) is 4.52. The van der Waals surface area contributed by atoms with Gasteiger partial charge < -0.3 is 15.6 Å². The first-order valence-electron chi connectivity index (χ1n) is 6.29. The van der Waals surface area contributed by atoms with E-state index in [-0.39, 0.29) is 17.1 Å². The zero-order valence-electron chi connectivity index (χ0n) is 11.4. The fourth-order valence-corrected chi connectivity index (χ4v) is 1.83. The summed E-state index contributed by atoms with van der Waals surface area (Å²) >= 11 is 0. The van der Waals surface area contributed by atoms with Crippen molar-refractivity contribution in [2.45, 2.75) is 13.5 Å². The summed E-state index contributed by atoms with van der Waals surface area (Å²) in [5.74, 6) is -0.502. The first-order valence-corrected chi connectivity index (χ1v) is 6.29. The Morgan fingerprint density at radius 2 is 2.29 bits per heavy atom. The summed E-state index contributed by atoms with van der Waals surface area (Å²) in [6.07, 6.45) is 3.04. The molecule has 0 unspecified atom stereocenters. The molecule has 3 N–H and O–H groups in total. The van der Waals surface area contributed by atoms with Crippen molar-refractivity contribution in [3.8, 4) is 0 Å². The number of hydrogen-bond donors (Lipinski definition) is 2. The molecular weight excluding hydrogens is 274 g/mol. The molecule has 2 rings (SSSR count). The van der Waals surface area contributed by atoms with Gasteiger partial charge in [-0.1, -0.05) is 6.07 Å². The van der Waals surface area contributed by atoms with Crippen LogP contribution in [0.5, 0.6) is 0 Å². The molecule has 0 atom stereocenters. The molecule has 8 nitrogen and oxygen atoms in total. The number of hydrogen-bond acceptors (Lipinski definition) is 5. The summed E-state index contributed by atoms with van der Waals surface area (Å²) in [4.78, 5) is 26.5. The van der Waals surface area contributed by atoms with Gasteiger partial charge in [-0.25, -0.2) is 4.98 Å². The van der Waals surface area contributed by atoms with Crippen LogP contribution in [-0.4, -0.2) is 26.9 Å². The number of nitrogens with zero attached hydrogens (tertiary/aromatic N) is 3. The number of anilines is 1. The van der Waals surface area contributed by atoms with Crippen molar-refractivity contribution in [1.29, 1.82) is 0 Å². The van der Waals surface area contributed by atoms with Crippen LogP contribution < -0.4 is 11.1 Å². The van der Waals surface area contributed by atoms with Crippen molar-refractivity contribution in [3.63, 3.8) is 0 Å². The molecule has 0 radical (unpaired) electrons. The summed E-state index contributed by atoms with van der Waals surface area (Å²) < 4.78 is 1.68. The number of rotatable bonds is 5. The Morgan fingerprint density at radius 1 is 1.52 bits per heavy atom. The average Bonchev–Trinajstić information content (AvgIpc) is 2.89. The second-order valence-corrected chi connectivity index (χ2v) is 4.52. The van der Waals surface area contributed by atoms with Crippen LogP contribution in [0.2, 0.25) is 0 Å². The number of carbonyl (C=O) groups excluding carboxylic acids is 1. The number of aryl methyl sites for hydroxylation is 1. The number of aromatic nitrogens is 2. The van der Waals surface area contributed by atoms with Crippen LogP contribution in [-0.2, 0) is 6.54 Å². The minimum atomic E-state index is -0.532. The lowest BCUT2D eigenvalue weighted by molar-refractivity contribution is -0.384. The highest BCUT2D eigenvalue weighted by atomic mass is 16.6. The van der Waals surface area contributed by atoms with Gasteiger partial charge in [-0.2, -0.15) is 0 Å². The molecule has 1 aromatic carbocycles. The average molecular weight is 289 g/mol. The number of imidazole rings is 1. The van der Waals surface area contributed by atoms with Crippen LogP contribution in [0.15, 0.2) is 30.7 Å². The second kappa shape index (κ2) is 6.14. The van der Waals surface area contributed by atoms with Crippen LogP contribution in [0.25, 0.3) is 0 Å². The number of benzene rings is 1. The van der Waals surface area contributed by atoms with E-state index in [4.69, 9.17) is 5.73 Å². The van der Waals surface area contributed by atoms with Gasteiger partial charge >= 0.3 is 0 Å². The Bertz CT molecular complexity index is 680. The van der Waals surface area contributed by atoms with Crippen LogP contribution in [0.1, 0.15) is 16.1 Å². The lowest BCUT2D eigenvalue weighted by atomic mass is 10.2. The molecule has 1 amide bonds. The van der Waals surface area contributed by atoms with Gasteiger partial charge in [0.15, 0.2) is 0 Å². The highest BCUT2D eigenvalue weighted by molar-refractivity contribution is 6.04. The van der Waals surface area contributed by atoms with Gasteiger partial charge in [-0.3, -0.25) is 14.9 Å². The molecule has 0 saturated carbocycles. The van der Waals surface area contributed by atoms with Crippen LogP contribution in [0.3, 0.4) is 0 Å². The molecule has 0 aliphatic carbocycles.